The minimum absolute atomic E-state index is 0.0629. The van der Waals surface area contributed by atoms with Crippen molar-refractivity contribution in [2.45, 2.75) is 19.5 Å². The van der Waals surface area contributed by atoms with E-state index in [9.17, 15) is 14.0 Å². The summed E-state index contributed by atoms with van der Waals surface area (Å²) in [6.45, 7) is 1.02. The minimum atomic E-state index is -0.393. The summed E-state index contributed by atoms with van der Waals surface area (Å²) in [7, 11) is 0. The number of ether oxygens (including phenoxy) is 1. The highest BCUT2D eigenvalue weighted by Crippen LogP contribution is 2.22. The number of pyridine rings is 1. The van der Waals surface area contributed by atoms with Crippen LogP contribution in [0.2, 0.25) is 0 Å². The molecule has 1 saturated heterocycles. The van der Waals surface area contributed by atoms with Gasteiger partial charge in [-0.2, -0.15) is 0 Å². The van der Waals surface area contributed by atoms with Crippen molar-refractivity contribution in [1.29, 1.82) is 0 Å². The molecule has 1 aliphatic rings. The predicted octanol–water partition coefficient (Wildman–Crippen LogP) is 3.27. The number of carbonyl (C=O) groups excluding carboxylic acids is 2. The maximum atomic E-state index is 13.2. The molecule has 7 nitrogen and oxygen atoms in total. The van der Waals surface area contributed by atoms with Gasteiger partial charge in [-0.05, 0) is 29.8 Å². The highest BCUT2D eigenvalue weighted by Gasteiger charge is 2.34. The van der Waals surface area contributed by atoms with Crippen LogP contribution in [-0.2, 0) is 22.7 Å². The van der Waals surface area contributed by atoms with Gasteiger partial charge in [-0.1, -0.05) is 12.1 Å². The van der Waals surface area contributed by atoms with Crippen molar-refractivity contribution in [3.8, 4) is 11.6 Å². The van der Waals surface area contributed by atoms with Gasteiger partial charge in [0.15, 0.2) is 0 Å². The highest BCUT2D eigenvalue weighted by atomic mass is 19.1. The third-order valence-corrected chi connectivity index (χ3v) is 4.79. The molecule has 4 rings (SSSR count). The van der Waals surface area contributed by atoms with Gasteiger partial charge in [0.25, 0.3) is 0 Å². The monoisotopic (exact) mass is 409 g/mol. The molecular formula is C22H20FN3O4. The number of hydrogen-bond donors (Lipinski definition) is 1. The topological polar surface area (TPSA) is 84.7 Å². The van der Waals surface area contributed by atoms with E-state index in [1.165, 1.54) is 12.1 Å². The number of likely N-dealkylation sites (tertiary alicyclic amines) is 1. The first-order valence-corrected chi connectivity index (χ1v) is 9.53. The fraction of sp³-hybridized carbons (Fsp3) is 0.227. The third-order valence-electron chi connectivity index (χ3n) is 4.79. The molecule has 1 fully saturated rings. The molecule has 3 aromatic rings. The molecule has 1 N–H and O–H groups in total. The van der Waals surface area contributed by atoms with Crippen LogP contribution in [0.1, 0.15) is 17.7 Å². The Morgan fingerprint density at radius 1 is 1.27 bits per heavy atom. The van der Waals surface area contributed by atoms with Crippen LogP contribution in [0, 0.1) is 11.7 Å². The van der Waals surface area contributed by atoms with Gasteiger partial charge in [-0.25, -0.2) is 9.37 Å². The van der Waals surface area contributed by atoms with Crippen molar-refractivity contribution in [1.82, 2.24) is 15.2 Å². The second-order valence-electron chi connectivity index (χ2n) is 7.04. The highest BCUT2D eigenvalue weighted by molar-refractivity contribution is 5.89. The van der Waals surface area contributed by atoms with Crippen molar-refractivity contribution in [3.63, 3.8) is 0 Å². The molecule has 0 saturated carbocycles. The number of nitrogens with one attached hydrogen (secondary N) is 1. The number of carbonyl (C=O) groups is 2. The van der Waals surface area contributed by atoms with Crippen LogP contribution in [0.4, 0.5) is 4.39 Å². The molecule has 1 aromatic carbocycles. The van der Waals surface area contributed by atoms with Crippen molar-refractivity contribution >= 4 is 11.8 Å². The number of rotatable bonds is 7. The SMILES string of the molecule is O=C(NCc1ccc(Oc2cccc(F)c2)nc1)C1CC(=O)N(Cc2ccco2)C1. The smallest absolute Gasteiger partial charge is 0.225 e. The predicted molar refractivity (Wildman–Crippen MR) is 105 cm³/mol. The number of aromatic nitrogens is 1. The average Bonchev–Trinajstić information content (AvgIpc) is 3.38. The van der Waals surface area contributed by atoms with Gasteiger partial charge >= 0.3 is 0 Å². The van der Waals surface area contributed by atoms with Crippen LogP contribution in [0.15, 0.2) is 65.4 Å². The third kappa shape index (κ3) is 4.83. The Kier molecular flexibility index (Phi) is 5.74. The van der Waals surface area contributed by atoms with E-state index in [0.717, 1.165) is 5.56 Å². The zero-order valence-corrected chi connectivity index (χ0v) is 16.1. The van der Waals surface area contributed by atoms with E-state index in [4.69, 9.17) is 9.15 Å². The minimum Gasteiger partial charge on any atom is -0.467 e. The van der Waals surface area contributed by atoms with Crippen molar-refractivity contribution < 1.29 is 23.1 Å². The molecule has 8 heteroatoms. The zero-order chi connectivity index (χ0) is 20.9. The second-order valence-corrected chi connectivity index (χ2v) is 7.04. The number of benzene rings is 1. The summed E-state index contributed by atoms with van der Waals surface area (Å²) in [4.78, 5) is 30.4. The first-order chi connectivity index (χ1) is 14.6. The summed E-state index contributed by atoms with van der Waals surface area (Å²) in [5.41, 5.74) is 0.784. The maximum absolute atomic E-state index is 13.2. The quantitative estimate of drug-likeness (QED) is 0.647. The summed E-state index contributed by atoms with van der Waals surface area (Å²) >= 11 is 0. The van der Waals surface area contributed by atoms with Crippen LogP contribution in [0.5, 0.6) is 11.6 Å². The summed E-state index contributed by atoms with van der Waals surface area (Å²) in [6.07, 6.45) is 3.33. The lowest BCUT2D eigenvalue weighted by atomic mass is 10.1. The lowest BCUT2D eigenvalue weighted by Crippen LogP contribution is -2.32. The number of amides is 2. The Morgan fingerprint density at radius 2 is 2.17 bits per heavy atom. The Balaban J connectivity index is 1.27. The maximum Gasteiger partial charge on any atom is 0.225 e. The molecule has 154 valence electrons. The molecule has 2 amide bonds. The van der Waals surface area contributed by atoms with Gasteiger partial charge in [0, 0.05) is 37.8 Å². The molecular weight excluding hydrogens is 389 g/mol. The molecule has 1 unspecified atom stereocenters. The number of furan rings is 1. The zero-order valence-electron chi connectivity index (χ0n) is 16.1. The van der Waals surface area contributed by atoms with Gasteiger partial charge < -0.3 is 19.4 Å². The van der Waals surface area contributed by atoms with Gasteiger partial charge in [0.2, 0.25) is 17.7 Å². The van der Waals surface area contributed by atoms with E-state index in [2.05, 4.69) is 10.3 Å². The summed E-state index contributed by atoms with van der Waals surface area (Å²) < 4.78 is 24.0. The van der Waals surface area contributed by atoms with Gasteiger partial charge in [0.05, 0.1) is 18.7 Å². The van der Waals surface area contributed by atoms with E-state index < -0.39 is 5.92 Å². The average molecular weight is 409 g/mol. The summed E-state index contributed by atoms with van der Waals surface area (Å²) in [5, 5.41) is 2.85. The van der Waals surface area contributed by atoms with Crippen LogP contribution in [-0.4, -0.2) is 28.2 Å². The van der Waals surface area contributed by atoms with E-state index in [1.54, 1.807) is 53.8 Å². The lowest BCUT2D eigenvalue weighted by molar-refractivity contribution is -0.129. The summed E-state index contributed by atoms with van der Waals surface area (Å²) in [5.74, 6) is 0.351. The van der Waals surface area contributed by atoms with Gasteiger partial charge in [-0.15, -0.1) is 0 Å². The van der Waals surface area contributed by atoms with E-state index in [1.807, 2.05) is 0 Å². The second kappa shape index (κ2) is 8.77. The molecule has 0 spiro atoms. The molecule has 0 radical (unpaired) electrons. The van der Waals surface area contributed by atoms with E-state index in [0.29, 0.717) is 30.5 Å². The van der Waals surface area contributed by atoms with Crippen LogP contribution in [0.3, 0.4) is 0 Å². The Hall–Kier alpha value is -3.68. The van der Waals surface area contributed by atoms with Crippen LogP contribution >= 0.6 is 0 Å². The molecule has 1 aliphatic heterocycles. The molecule has 0 aliphatic carbocycles. The van der Waals surface area contributed by atoms with Crippen LogP contribution < -0.4 is 10.1 Å². The standard InChI is InChI=1S/C22H20FN3O4/c23-17-3-1-4-18(10-17)30-20-7-6-15(11-24-20)12-25-22(28)16-9-21(27)26(13-16)14-19-5-2-8-29-19/h1-8,10-11,16H,9,12-14H2,(H,25,28). The van der Waals surface area contributed by atoms with Crippen molar-refractivity contribution in [2.24, 2.45) is 5.92 Å². The number of nitrogens with zero attached hydrogens (tertiary/aromatic N) is 2. The van der Waals surface area contributed by atoms with Crippen molar-refractivity contribution in [3.05, 3.63) is 78.1 Å². The normalized spacial score (nSPS) is 16.0. The van der Waals surface area contributed by atoms with E-state index in [-0.39, 0.29) is 30.6 Å². The Labute approximate surface area is 172 Å². The first kappa shape index (κ1) is 19.6. The largest absolute Gasteiger partial charge is 0.467 e. The fourth-order valence-corrected chi connectivity index (χ4v) is 3.25. The molecule has 30 heavy (non-hydrogen) atoms. The number of hydrogen-bond acceptors (Lipinski definition) is 5. The first-order valence-electron chi connectivity index (χ1n) is 9.53. The van der Waals surface area contributed by atoms with Gasteiger partial charge in [-0.3, -0.25) is 9.59 Å². The van der Waals surface area contributed by atoms with Gasteiger partial charge in [0.1, 0.15) is 17.3 Å². The molecule has 1 atom stereocenters. The molecule has 3 heterocycles. The lowest BCUT2D eigenvalue weighted by Gasteiger charge is -2.15. The fourth-order valence-electron chi connectivity index (χ4n) is 3.25. The Bertz CT molecular complexity index is 1020. The van der Waals surface area contributed by atoms with Crippen molar-refractivity contribution in [2.75, 3.05) is 6.54 Å². The van der Waals surface area contributed by atoms with E-state index >= 15 is 0 Å². The Morgan fingerprint density at radius 3 is 2.90 bits per heavy atom. The van der Waals surface area contributed by atoms with Crippen LogP contribution in [0.25, 0.3) is 0 Å². The molecule has 0 bridgehead atoms. The summed E-state index contributed by atoms with van der Waals surface area (Å²) in [6, 6.07) is 12.8. The molecule has 2 aromatic heterocycles. The number of halogens is 1.